The Labute approximate surface area is 162 Å². The lowest BCUT2D eigenvalue weighted by Gasteiger charge is -2.14. The van der Waals surface area contributed by atoms with Crippen LogP contribution in [-0.4, -0.2) is 32.2 Å². The highest BCUT2D eigenvalue weighted by Crippen LogP contribution is 2.38. The van der Waals surface area contributed by atoms with E-state index in [1.165, 1.54) is 0 Å². The average Bonchev–Trinajstić information content (AvgIpc) is 3.12. The minimum absolute atomic E-state index is 0.0250. The first-order chi connectivity index (χ1) is 13.1. The maximum Gasteiger partial charge on any atom is 0.220 e. The molecule has 2 aromatic carbocycles. The second-order valence-corrected chi connectivity index (χ2v) is 7.00. The Hall–Kier alpha value is -2.80. The van der Waals surface area contributed by atoms with Gasteiger partial charge in [0.05, 0.1) is 36.6 Å². The number of amides is 1. The van der Waals surface area contributed by atoms with E-state index in [1.54, 1.807) is 32.7 Å². The van der Waals surface area contributed by atoms with Crippen LogP contribution in [0.5, 0.6) is 17.2 Å². The van der Waals surface area contributed by atoms with Gasteiger partial charge in [-0.2, -0.15) is 0 Å². The molecule has 3 rings (SSSR count). The van der Waals surface area contributed by atoms with Crippen molar-refractivity contribution < 1.29 is 19.0 Å². The number of ether oxygens (including phenoxy) is 3. The van der Waals surface area contributed by atoms with E-state index in [9.17, 15) is 4.79 Å². The van der Waals surface area contributed by atoms with Crippen molar-refractivity contribution in [3.63, 3.8) is 0 Å². The number of hydrogen-bond acceptors (Lipinski definition) is 6. The van der Waals surface area contributed by atoms with E-state index >= 15 is 0 Å². The number of nitrogens with one attached hydrogen (secondary N) is 1. The van der Waals surface area contributed by atoms with Crippen LogP contribution in [0.15, 0.2) is 36.4 Å². The molecule has 6 nitrogen and oxygen atoms in total. The number of methoxy groups -OCH3 is 3. The highest BCUT2D eigenvalue weighted by atomic mass is 32.1. The van der Waals surface area contributed by atoms with Crippen molar-refractivity contribution in [1.82, 2.24) is 10.3 Å². The Morgan fingerprint density at radius 1 is 1.07 bits per heavy atom. The third kappa shape index (κ3) is 4.49. The van der Waals surface area contributed by atoms with Crippen LogP contribution >= 0.6 is 11.3 Å². The van der Waals surface area contributed by atoms with Crippen molar-refractivity contribution in [2.24, 2.45) is 0 Å². The van der Waals surface area contributed by atoms with E-state index < -0.39 is 0 Å². The Kier molecular flexibility index (Phi) is 6.13. The van der Waals surface area contributed by atoms with E-state index in [1.807, 2.05) is 36.4 Å². The van der Waals surface area contributed by atoms with E-state index in [0.717, 1.165) is 20.8 Å². The number of aromatic nitrogens is 1. The molecule has 3 aromatic rings. The summed E-state index contributed by atoms with van der Waals surface area (Å²) in [5.74, 6) is 1.64. The van der Waals surface area contributed by atoms with Crippen molar-refractivity contribution in [3.8, 4) is 17.2 Å². The predicted molar refractivity (Wildman–Crippen MR) is 106 cm³/mol. The van der Waals surface area contributed by atoms with Gasteiger partial charge >= 0.3 is 0 Å². The third-order valence-electron chi connectivity index (χ3n) is 4.12. The van der Waals surface area contributed by atoms with Crippen LogP contribution in [0.2, 0.25) is 0 Å². The summed E-state index contributed by atoms with van der Waals surface area (Å²) in [5.41, 5.74) is 1.85. The highest BCUT2D eigenvalue weighted by Gasteiger charge is 2.14. The number of carbonyl (C=O) groups excluding carboxylic acids is 1. The lowest BCUT2D eigenvalue weighted by atomic mass is 10.1. The molecule has 1 aromatic heterocycles. The predicted octanol–water partition coefficient (Wildman–Crippen LogP) is 3.57. The fourth-order valence-electron chi connectivity index (χ4n) is 2.77. The van der Waals surface area contributed by atoms with Gasteiger partial charge in [0.2, 0.25) is 11.7 Å². The van der Waals surface area contributed by atoms with Gasteiger partial charge in [-0.25, -0.2) is 4.98 Å². The number of nitrogens with zero attached hydrogens (tertiary/aromatic N) is 1. The van der Waals surface area contributed by atoms with E-state index in [-0.39, 0.29) is 5.91 Å². The number of rotatable bonds is 8. The molecule has 1 amide bonds. The van der Waals surface area contributed by atoms with Crippen LogP contribution in [0.1, 0.15) is 17.0 Å². The van der Waals surface area contributed by atoms with Gasteiger partial charge in [-0.1, -0.05) is 12.1 Å². The first-order valence-corrected chi connectivity index (χ1v) is 9.36. The summed E-state index contributed by atoms with van der Waals surface area (Å²) in [5, 5.41) is 3.90. The zero-order valence-corrected chi connectivity index (χ0v) is 16.4. The Balaban J connectivity index is 1.58. The van der Waals surface area contributed by atoms with Gasteiger partial charge in [-0.3, -0.25) is 4.79 Å². The molecule has 0 radical (unpaired) electrons. The summed E-state index contributed by atoms with van der Waals surface area (Å²) in [6.07, 6.45) is 1.02. The van der Waals surface area contributed by atoms with E-state index in [4.69, 9.17) is 14.2 Å². The number of hydrogen-bond donors (Lipinski definition) is 1. The van der Waals surface area contributed by atoms with Gasteiger partial charge in [0.25, 0.3) is 0 Å². The first-order valence-electron chi connectivity index (χ1n) is 8.54. The van der Waals surface area contributed by atoms with Crippen molar-refractivity contribution in [3.05, 3.63) is 47.0 Å². The fraction of sp³-hybridized carbons (Fsp3) is 0.300. The summed E-state index contributed by atoms with van der Waals surface area (Å²) >= 11 is 1.63. The van der Waals surface area contributed by atoms with Crippen LogP contribution in [0.3, 0.4) is 0 Å². The van der Waals surface area contributed by atoms with Gasteiger partial charge in [-0.05, 0) is 29.8 Å². The summed E-state index contributed by atoms with van der Waals surface area (Å²) in [6.45, 7) is 0.384. The van der Waals surface area contributed by atoms with Crippen molar-refractivity contribution in [2.45, 2.75) is 19.4 Å². The number of fused-ring (bicyclic) bond motifs is 1. The molecule has 0 aliphatic rings. The zero-order chi connectivity index (χ0) is 19.2. The first kappa shape index (κ1) is 19.0. The van der Waals surface area contributed by atoms with Gasteiger partial charge in [0.1, 0.15) is 0 Å². The molecule has 1 N–H and O–H groups in total. The smallest absolute Gasteiger partial charge is 0.220 e. The van der Waals surface area contributed by atoms with Crippen LogP contribution in [0.4, 0.5) is 0 Å². The van der Waals surface area contributed by atoms with Crippen LogP contribution in [0.25, 0.3) is 10.2 Å². The molecule has 0 atom stereocenters. The molecule has 0 bridgehead atoms. The molecule has 0 aliphatic heterocycles. The second-order valence-electron chi connectivity index (χ2n) is 5.89. The minimum atomic E-state index is -0.0250. The van der Waals surface area contributed by atoms with Crippen LogP contribution < -0.4 is 19.5 Å². The maximum absolute atomic E-state index is 12.2. The van der Waals surface area contributed by atoms with Gasteiger partial charge in [-0.15, -0.1) is 11.3 Å². The third-order valence-corrected chi connectivity index (χ3v) is 5.21. The molecule has 0 saturated heterocycles. The van der Waals surface area contributed by atoms with Gasteiger partial charge in [0.15, 0.2) is 11.5 Å². The number of thiazole rings is 1. The monoisotopic (exact) mass is 386 g/mol. The minimum Gasteiger partial charge on any atom is -0.493 e. The lowest BCUT2D eigenvalue weighted by molar-refractivity contribution is -0.121. The number of aryl methyl sites for hydroxylation is 1. The standard InChI is InChI=1S/C20H22N2O4S/c1-24-15-10-13(11-16(25-2)20(15)26-3)12-21-18(23)8-9-19-22-14-6-4-5-7-17(14)27-19/h4-7,10-11H,8-9,12H2,1-3H3,(H,21,23). The Bertz CT molecular complexity index is 881. The van der Waals surface area contributed by atoms with Crippen LogP contribution in [0, 0.1) is 0 Å². The Morgan fingerprint density at radius 2 is 1.78 bits per heavy atom. The summed E-state index contributed by atoms with van der Waals surface area (Å²) < 4.78 is 17.1. The lowest BCUT2D eigenvalue weighted by Crippen LogP contribution is -2.23. The van der Waals surface area contributed by atoms with E-state index in [2.05, 4.69) is 10.3 Å². The Morgan fingerprint density at radius 3 is 2.41 bits per heavy atom. The molecular weight excluding hydrogens is 364 g/mol. The van der Waals surface area contributed by atoms with Crippen LogP contribution in [-0.2, 0) is 17.8 Å². The number of benzene rings is 2. The SMILES string of the molecule is COc1cc(CNC(=O)CCc2nc3ccccc3s2)cc(OC)c1OC. The van der Waals surface area contributed by atoms with Gasteiger partial charge in [0, 0.05) is 19.4 Å². The molecule has 0 spiro atoms. The second kappa shape index (κ2) is 8.73. The normalized spacial score (nSPS) is 10.6. The molecule has 0 saturated carbocycles. The molecule has 0 aliphatic carbocycles. The average molecular weight is 386 g/mol. The topological polar surface area (TPSA) is 69.7 Å². The maximum atomic E-state index is 12.2. The zero-order valence-electron chi connectivity index (χ0n) is 15.6. The van der Waals surface area contributed by atoms with E-state index in [0.29, 0.717) is 36.6 Å². The molecule has 1 heterocycles. The van der Waals surface area contributed by atoms with Crippen molar-refractivity contribution in [2.75, 3.05) is 21.3 Å². The largest absolute Gasteiger partial charge is 0.493 e. The molecule has 27 heavy (non-hydrogen) atoms. The fourth-order valence-corrected chi connectivity index (χ4v) is 3.74. The van der Waals surface area contributed by atoms with Crippen molar-refractivity contribution >= 4 is 27.5 Å². The van der Waals surface area contributed by atoms with Crippen molar-refractivity contribution in [1.29, 1.82) is 0 Å². The highest BCUT2D eigenvalue weighted by molar-refractivity contribution is 7.18. The quantitative estimate of drug-likeness (QED) is 0.641. The summed E-state index contributed by atoms with van der Waals surface area (Å²) in [7, 11) is 4.69. The summed E-state index contributed by atoms with van der Waals surface area (Å²) in [4.78, 5) is 16.8. The number of carbonyl (C=O) groups is 1. The van der Waals surface area contributed by atoms with Gasteiger partial charge < -0.3 is 19.5 Å². The molecule has 0 fully saturated rings. The molecule has 7 heteroatoms. The molecular formula is C20H22N2O4S. The number of para-hydroxylation sites is 1. The molecule has 142 valence electrons. The summed E-state index contributed by atoms with van der Waals surface area (Å²) in [6, 6.07) is 11.6. The molecule has 0 unspecified atom stereocenters.